The summed E-state index contributed by atoms with van der Waals surface area (Å²) < 4.78 is 14.7. The van der Waals surface area contributed by atoms with Crippen LogP contribution in [0.3, 0.4) is 0 Å². The second kappa shape index (κ2) is 22.9. The number of unbranched alkanes of at least 4 members (excludes halogenated alkanes) is 1. The van der Waals surface area contributed by atoms with Gasteiger partial charge in [-0.2, -0.15) is 0 Å². The van der Waals surface area contributed by atoms with Gasteiger partial charge in [-0.15, -0.1) is 0 Å². The number of aryl methyl sites for hydroxylation is 1. The highest BCUT2D eigenvalue weighted by Crippen LogP contribution is 2.19. The Hall–Kier alpha value is -2.57. The van der Waals surface area contributed by atoms with Gasteiger partial charge in [-0.1, -0.05) is 59.6 Å². The lowest BCUT2D eigenvalue weighted by molar-refractivity contribution is -0.149. The minimum Gasteiger partial charge on any atom is -0.466 e. The summed E-state index contributed by atoms with van der Waals surface area (Å²) in [5.74, 6) is -0.175. The molecule has 1 aromatic rings. The molecule has 7 heteroatoms. The van der Waals surface area contributed by atoms with Crippen LogP contribution in [-0.4, -0.2) is 37.7 Å². The van der Waals surface area contributed by atoms with E-state index in [1.54, 1.807) is 13.0 Å². The molecule has 208 valence electrons. The number of para-hydroxylation sites is 1. The van der Waals surface area contributed by atoms with Crippen molar-refractivity contribution < 1.29 is 28.6 Å². The normalized spacial score (nSPS) is 10.8. The van der Waals surface area contributed by atoms with Gasteiger partial charge in [0.1, 0.15) is 0 Å². The molecular weight excluding hydrogens is 458 g/mol. The lowest BCUT2D eigenvalue weighted by Crippen LogP contribution is -2.16. The van der Waals surface area contributed by atoms with Gasteiger partial charge in [0.2, 0.25) is 0 Å². The first-order valence-electron chi connectivity index (χ1n) is 13.6. The van der Waals surface area contributed by atoms with Crippen molar-refractivity contribution in [2.75, 3.05) is 25.6 Å². The van der Waals surface area contributed by atoms with Crippen molar-refractivity contribution in [3.8, 4) is 0 Å². The van der Waals surface area contributed by atoms with Crippen LogP contribution in [0, 0.1) is 11.8 Å². The van der Waals surface area contributed by atoms with Gasteiger partial charge in [0.15, 0.2) is 0 Å². The minimum absolute atomic E-state index is 0.0200. The Morgan fingerprint density at radius 3 is 1.67 bits per heavy atom. The lowest BCUT2D eigenvalue weighted by atomic mass is 10.00. The number of hydrogen-bond donors (Lipinski definition) is 1. The molecule has 0 aromatic heterocycles. The van der Waals surface area contributed by atoms with Gasteiger partial charge in [-0.05, 0) is 64.5 Å². The van der Waals surface area contributed by atoms with Crippen LogP contribution in [0.2, 0.25) is 0 Å². The highest BCUT2D eigenvalue weighted by atomic mass is 16.5. The maximum absolute atomic E-state index is 11.4. The van der Waals surface area contributed by atoms with E-state index in [1.807, 2.05) is 53.7 Å². The van der Waals surface area contributed by atoms with Crippen LogP contribution in [0.5, 0.6) is 0 Å². The van der Waals surface area contributed by atoms with Crippen molar-refractivity contribution in [1.29, 1.82) is 0 Å². The molecule has 0 fully saturated rings. The zero-order valence-corrected chi connectivity index (χ0v) is 24.0. The van der Waals surface area contributed by atoms with Crippen molar-refractivity contribution in [3.05, 3.63) is 29.3 Å². The Kier molecular flexibility index (Phi) is 22.6. The van der Waals surface area contributed by atoms with Gasteiger partial charge in [0.25, 0.3) is 0 Å². The highest BCUT2D eigenvalue weighted by molar-refractivity contribution is 5.95. The number of ether oxygens (including phenoxy) is 3. The second-order valence-corrected chi connectivity index (χ2v) is 8.22. The molecule has 1 atom stereocenters. The van der Waals surface area contributed by atoms with Crippen LogP contribution >= 0.6 is 0 Å². The van der Waals surface area contributed by atoms with Crippen molar-refractivity contribution in [3.63, 3.8) is 0 Å². The molecule has 7 nitrogen and oxygen atoms in total. The zero-order chi connectivity index (χ0) is 27.9. The van der Waals surface area contributed by atoms with E-state index in [9.17, 15) is 14.4 Å². The first-order chi connectivity index (χ1) is 17.2. The first-order valence-corrected chi connectivity index (χ1v) is 13.6. The zero-order valence-electron chi connectivity index (χ0n) is 24.0. The molecule has 0 aliphatic rings. The van der Waals surface area contributed by atoms with Crippen LogP contribution in [0.1, 0.15) is 110 Å². The van der Waals surface area contributed by atoms with E-state index in [2.05, 4.69) is 6.92 Å². The molecule has 0 saturated carbocycles. The van der Waals surface area contributed by atoms with Crippen LogP contribution in [0.4, 0.5) is 5.69 Å². The third-order valence-electron chi connectivity index (χ3n) is 5.70. The van der Waals surface area contributed by atoms with Crippen molar-refractivity contribution in [1.82, 2.24) is 0 Å². The molecule has 0 aliphatic carbocycles. The fourth-order valence-corrected chi connectivity index (χ4v) is 3.39. The number of carbonyl (C=O) groups excluding carboxylic acids is 3. The molecule has 0 heterocycles. The minimum atomic E-state index is -0.347. The number of nitrogens with two attached hydrogens (primary N) is 1. The van der Waals surface area contributed by atoms with Gasteiger partial charge in [-0.25, -0.2) is 4.79 Å². The van der Waals surface area contributed by atoms with Crippen molar-refractivity contribution in [2.24, 2.45) is 11.8 Å². The number of anilines is 1. The number of esters is 3. The Labute approximate surface area is 219 Å². The lowest BCUT2D eigenvalue weighted by Gasteiger charge is -2.12. The molecule has 2 N–H and O–H groups in total. The predicted octanol–water partition coefficient (Wildman–Crippen LogP) is 6.76. The van der Waals surface area contributed by atoms with Crippen LogP contribution in [0.15, 0.2) is 18.2 Å². The number of hydrogen-bond acceptors (Lipinski definition) is 7. The molecule has 0 amide bonds. The smallest absolute Gasteiger partial charge is 0.340 e. The molecule has 0 aliphatic heterocycles. The summed E-state index contributed by atoms with van der Waals surface area (Å²) in [6.07, 6.45) is 6.74. The topological polar surface area (TPSA) is 105 Å². The summed E-state index contributed by atoms with van der Waals surface area (Å²) in [5, 5.41) is 0. The fraction of sp³-hybridized carbons (Fsp3) is 0.690. The number of nitrogen functional groups attached to an aromatic ring is 1. The molecule has 1 unspecified atom stereocenters. The Morgan fingerprint density at radius 2 is 1.25 bits per heavy atom. The average molecular weight is 510 g/mol. The van der Waals surface area contributed by atoms with Crippen LogP contribution in [0.25, 0.3) is 0 Å². The monoisotopic (exact) mass is 509 g/mol. The van der Waals surface area contributed by atoms with E-state index in [4.69, 9.17) is 19.9 Å². The quantitative estimate of drug-likeness (QED) is 0.178. The highest BCUT2D eigenvalue weighted by Gasteiger charge is 2.16. The Bertz CT molecular complexity index is 730. The molecule has 1 aromatic carbocycles. The van der Waals surface area contributed by atoms with Crippen LogP contribution < -0.4 is 5.73 Å². The fourth-order valence-electron chi connectivity index (χ4n) is 3.39. The van der Waals surface area contributed by atoms with Gasteiger partial charge in [0.05, 0.1) is 37.2 Å². The summed E-state index contributed by atoms with van der Waals surface area (Å²) in [6, 6.07) is 5.42. The molecule has 0 radical (unpaired) electrons. The number of rotatable bonds is 13. The Morgan fingerprint density at radius 1 is 0.750 bits per heavy atom. The summed E-state index contributed by atoms with van der Waals surface area (Å²) in [7, 11) is 0. The molecular formula is C29H51NO6. The second-order valence-electron chi connectivity index (χ2n) is 8.22. The van der Waals surface area contributed by atoms with E-state index in [-0.39, 0.29) is 29.7 Å². The predicted molar refractivity (Wildman–Crippen MR) is 147 cm³/mol. The molecule has 0 bridgehead atoms. The summed E-state index contributed by atoms with van der Waals surface area (Å²) in [4.78, 5) is 33.7. The van der Waals surface area contributed by atoms with Gasteiger partial charge < -0.3 is 19.9 Å². The van der Waals surface area contributed by atoms with E-state index < -0.39 is 0 Å². The maximum atomic E-state index is 11.4. The maximum Gasteiger partial charge on any atom is 0.340 e. The largest absolute Gasteiger partial charge is 0.466 e. The van der Waals surface area contributed by atoms with E-state index >= 15 is 0 Å². The standard InChI is InChI=1S/C11H15NO2.C10H20O2.C8H16O2/c1-3-8-6-5-7-9(10(8)12)11(13)14-4-2;1-4-7-8-9(5-2)10(11)12-6-3;1-4-7(5-2)8(9)10-6-3/h5-7H,3-4,12H2,1-2H3;9H,4-8H2,1-3H3;7H,4-6H2,1-3H3. The number of carbonyl (C=O) groups is 3. The van der Waals surface area contributed by atoms with E-state index in [0.717, 1.165) is 50.5 Å². The van der Waals surface area contributed by atoms with Crippen molar-refractivity contribution in [2.45, 2.75) is 100 Å². The van der Waals surface area contributed by atoms with Crippen molar-refractivity contribution >= 4 is 23.6 Å². The third kappa shape index (κ3) is 14.7. The van der Waals surface area contributed by atoms with Gasteiger partial charge >= 0.3 is 17.9 Å². The van der Waals surface area contributed by atoms with Gasteiger partial charge in [-0.3, -0.25) is 9.59 Å². The Balaban J connectivity index is 0. The third-order valence-corrected chi connectivity index (χ3v) is 5.70. The summed E-state index contributed by atoms with van der Waals surface area (Å²) in [6.45, 7) is 17.0. The SMILES string of the molecule is CCCCC(CC)C(=O)OCC.CCOC(=O)C(CC)CC.CCOC(=O)c1cccc(CC)c1N. The molecule has 1 rings (SSSR count). The summed E-state index contributed by atoms with van der Waals surface area (Å²) in [5.41, 5.74) is 7.81. The first kappa shape index (κ1) is 35.6. The average Bonchev–Trinajstić information content (AvgIpc) is 2.86. The molecule has 0 saturated heterocycles. The molecule has 36 heavy (non-hydrogen) atoms. The van der Waals surface area contributed by atoms with Gasteiger partial charge in [0, 0.05) is 5.69 Å². The summed E-state index contributed by atoms with van der Waals surface area (Å²) >= 11 is 0. The molecule has 0 spiro atoms. The number of benzene rings is 1. The van der Waals surface area contributed by atoms with E-state index in [0.29, 0.717) is 31.1 Å². The van der Waals surface area contributed by atoms with Crippen LogP contribution in [-0.2, 0) is 30.2 Å². The van der Waals surface area contributed by atoms with E-state index in [1.165, 1.54) is 0 Å².